The Labute approximate surface area is 217 Å². The van der Waals surface area contributed by atoms with Gasteiger partial charge in [-0.15, -0.1) is 0 Å². The summed E-state index contributed by atoms with van der Waals surface area (Å²) in [5.74, 6) is 0.426. The Balaban J connectivity index is 1.32. The molecule has 0 spiro atoms. The summed E-state index contributed by atoms with van der Waals surface area (Å²) in [6.45, 7) is 8.91. The van der Waals surface area contributed by atoms with E-state index in [1.807, 2.05) is 68.4 Å². The van der Waals surface area contributed by atoms with Gasteiger partial charge in [0.2, 0.25) is 0 Å². The summed E-state index contributed by atoms with van der Waals surface area (Å²) in [6.07, 6.45) is 1.40. The van der Waals surface area contributed by atoms with Gasteiger partial charge >= 0.3 is 5.97 Å². The largest absolute Gasteiger partial charge is 0.481 e. The molecule has 190 valence electrons. The summed E-state index contributed by atoms with van der Waals surface area (Å²) in [4.78, 5) is 29.4. The maximum Gasteiger partial charge on any atom is 0.314 e. The molecule has 1 aromatic heterocycles. The number of aromatic nitrogens is 2. The average Bonchev–Trinajstić information content (AvgIpc) is 3.64. The van der Waals surface area contributed by atoms with E-state index in [2.05, 4.69) is 35.9 Å². The molecule has 1 heterocycles. The van der Waals surface area contributed by atoms with E-state index in [9.17, 15) is 14.7 Å². The summed E-state index contributed by atoms with van der Waals surface area (Å²) in [7, 11) is 0. The molecule has 1 fully saturated rings. The molecule has 0 saturated heterocycles. The normalized spacial score (nSPS) is 15.1. The number of hydrogen-bond acceptors (Lipinski definition) is 3. The van der Waals surface area contributed by atoms with Gasteiger partial charge in [0.25, 0.3) is 5.91 Å². The zero-order valence-corrected chi connectivity index (χ0v) is 21.8. The van der Waals surface area contributed by atoms with Crippen LogP contribution in [0.1, 0.15) is 84.0 Å². The molecule has 5 rings (SSSR count). The van der Waals surface area contributed by atoms with Gasteiger partial charge in [0.1, 0.15) is 5.82 Å². The lowest BCUT2D eigenvalue weighted by molar-refractivity contribution is -0.140. The molecule has 1 aliphatic rings. The second-order valence-corrected chi connectivity index (χ2v) is 10.6. The average molecular weight is 496 g/mol. The van der Waals surface area contributed by atoms with Crippen molar-refractivity contribution >= 4 is 22.9 Å². The topological polar surface area (TPSA) is 84.2 Å². The lowest BCUT2D eigenvalue weighted by atomic mass is 9.95. The molecule has 1 saturated carbocycles. The third kappa shape index (κ3) is 4.76. The molecular weight excluding hydrogens is 462 g/mol. The molecule has 37 heavy (non-hydrogen) atoms. The summed E-state index contributed by atoms with van der Waals surface area (Å²) in [5, 5.41) is 12.7. The van der Waals surface area contributed by atoms with E-state index in [-0.39, 0.29) is 11.9 Å². The molecule has 4 aromatic rings. The van der Waals surface area contributed by atoms with Crippen molar-refractivity contribution in [1.29, 1.82) is 0 Å². The number of imidazole rings is 1. The third-order valence-corrected chi connectivity index (χ3v) is 7.63. The first-order chi connectivity index (χ1) is 17.7. The van der Waals surface area contributed by atoms with Crippen LogP contribution in [-0.4, -0.2) is 26.5 Å². The predicted octanol–water partition coefficient (Wildman–Crippen LogP) is 6.12. The van der Waals surface area contributed by atoms with Crippen LogP contribution in [0.15, 0.2) is 66.7 Å². The number of amides is 1. The number of carbonyl (C=O) groups excluding carboxylic acids is 1. The molecule has 0 aliphatic heterocycles. The van der Waals surface area contributed by atoms with Crippen molar-refractivity contribution in [2.75, 3.05) is 0 Å². The SMILES string of the molecule is Cc1nc2cc(C(=O)N[C@@H](C)c3cccc(C(C)C)c3)ccc2n1Cc1ccc(C2(C(=O)O)CC2)cc1. The lowest BCUT2D eigenvalue weighted by Gasteiger charge is -2.16. The Hall–Kier alpha value is -3.93. The molecular formula is C31H33N3O3. The van der Waals surface area contributed by atoms with Gasteiger partial charge in [0.05, 0.1) is 22.5 Å². The zero-order chi connectivity index (χ0) is 26.3. The van der Waals surface area contributed by atoms with Crippen molar-refractivity contribution in [3.63, 3.8) is 0 Å². The number of aryl methyl sites for hydroxylation is 1. The van der Waals surface area contributed by atoms with Gasteiger partial charge in [-0.05, 0) is 73.1 Å². The molecule has 6 heteroatoms. The number of nitrogens with one attached hydrogen (secondary N) is 1. The minimum absolute atomic E-state index is 0.111. The van der Waals surface area contributed by atoms with Gasteiger partial charge in [-0.3, -0.25) is 9.59 Å². The highest BCUT2D eigenvalue weighted by Gasteiger charge is 2.51. The number of carboxylic acids is 1. The Morgan fingerprint density at radius 1 is 1.00 bits per heavy atom. The van der Waals surface area contributed by atoms with Crippen LogP contribution in [0.25, 0.3) is 11.0 Å². The van der Waals surface area contributed by atoms with Gasteiger partial charge in [-0.2, -0.15) is 0 Å². The van der Waals surface area contributed by atoms with Crippen molar-refractivity contribution in [3.8, 4) is 0 Å². The van der Waals surface area contributed by atoms with Gasteiger partial charge in [0.15, 0.2) is 0 Å². The van der Waals surface area contributed by atoms with Crippen LogP contribution in [0, 0.1) is 6.92 Å². The number of fused-ring (bicyclic) bond motifs is 1. The molecule has 0 radical (unpaired) electrons. The minimum Gasteiger partial charge on any atom is -0.481 e. The fourth-order valence-corrected chi connectivity index (χ4v) is 5.00. The number of aliphatic carboxylic acids is 1. The molecule has 1 aliphatic carbocycles. The molecule has 0 unspecified atom stereocenters. The van der Waals surface area contributed by atoms with E-state index < -0.39 is 11.4 Å². The maximum absolute atomic E-state index is 13.1. The Morgan fingerprint density at radius 3 is 2.35 bits per heavy atom. The smallest absolute Gasteiger partial charge is 0.314 e. The molecule has 0 bridgehead atoms. The van der Waals surface area contributed by atoms with E-state index in [0.29, 0.717) is 30.9 Å². The summed E-state index contributed by atoms with van der Waals surface area (Å²) in [5.41, 5.74) is 5.91. The van der Waals surface area contributed by atoms with Gasteiger partial charge in [-0.1, -0.05) is 62.4 Å². The van der Waals surface area contributed by atoms with E-state index in [1.165, 1.54) is 5.56 Å². The monoisotopic (exact) mass is 495 g/mol. The van der Waals surface area contributed by atoms with Gasteiger partial charge in [-0.25, -0.2) is 4.98 Å². The highest BCUT2D eigenvalue weighted by Crippen LogP contribution is 2.48. The van der Waals surface area contributed by atoms with E-state index in [0.717, 1.165) is 33.5 Å². The van der Waals surface area contributed by atoms with Crippen LogP contribution < -0.4 is 5.32 Å². The first-order valence-electron chi connectivity index (χ1n) is 12.9. The maximum atomic E-state index is 13.1. The molecule has 3 aromatic carbocycles. The number of rotatable bonds is 8. The Morgan fingerprint density at radius 2 is 1.70 bits per heavy atom. The number of hydrogen-bond donors (Lipinski definition) is 2. The quantitative estimate of drug-likeness (QED) is 0.308. The lowest BCUT2D eigenvalue weighted by Crippen LogP contribution is -2.26. The third-order valence-electron chi connectivity index (χ3n) is 7.63. The fourth-order valence-electron chi connectivity index (χ4n) is 5.00. The number of carbonyl (C=O) groups is 2. The van der Waals surface area contributed by atoms with Crippen molar-refractivity contribution in [3.05, 3.63) is 100 Å². The number of nitrogens with zero attached hydrogens (tertiary/aromatic N) is 2. The van der Waals surface area contributed by atoms with Crippen LogP contribution in [0.3, 0.4) is 0 Å². The van der Waals surface area contributed by atoms with E-state index in [4.69, 9.17) is 4.98 Å². The van der Waals surface area contributed by atoms with E-state index in [1.54, 1.807) is 0 Å². The van der Waals surface area contributed by atoms with Crippen LogP contribution >= 0.6 is 0 Å². The molecule has 1 atom stereocenters. The first kappa shape index (κ1) is 24.8. The van der Waals surface area contributed by atoms with Crippen LogP contribution in [-0.2, 0) is 16.8 Å². The number of carboxylic acid groups (broad SMARTS) is 1. The second kappa shape index (κ2) is 9.51. The molecule has 2 N–H and O–H groups in total. The summed E-state index contributed by atoms with van der Waals surface area (Å²) in [6, 6.07) is 21.8. The standard InChI is InChI=1S/C31H33N3O3/c1-19(2)23-6-5-7-24(16-23)20(3)32-29(35)25-10-13-28-27(17-25)33-21(4)34(28)18-22-8-11-26(12-9-22)31(14-15-31)30(36)37/h5-13,16-17,19-20H,14-15,18H2,1-4H3,(H,32,35)(H,36,37)/t20-/m0/s1. The molecule has 1 amide bonds. The highest BCUT2D eigenvalue weighted by atomic mass is 16.4. The van der Waals surface area contributed by atoms with Crippen molar-refractivity contribution < 1.29 is 14.7 Å². The van der Waals surface area contributed by atoms with E-state index >= 15 is 0 Å². The van der Waals surface area contributed by atoms with Gasteiger partial charge in [0, 0.05) is 12.1 Å². The highest BCUT2D eigenvalue weighted by molar-refractivity contribution is 5.97. The second-order valence-electron chi connectivity index (χ2n) is 10.6. The zero-order valence-electron chi connectivity index (χ0n) is 21.8. The number of benzene rings is 3. The predicted molar refractivity (Wildman–Crippen MR) is 145 cm³/mol. The summed E-state index contributed by atoms with van der Waals surface area (Å²) < 4.78 is 2.12. The Kier molecular flexibility index (Phi) is 6.36. The van der Waals surface area contributed by atoms with Crippen molar-refractivity contribution in [2.24, 2.45) is 0 Å². The van der Waals surface area contributed by atoms with Crippen molar-refractivity contribution in [1.82, 2.24) is 14.9 Å². The minimum atomic E-state index is -0.741. The van der Waals surface area contributed by atoms with Crippen LogP contribution in [0.2, 0.25) is 0 Å². The first-order valence-corrected chi connectivity index (χ1v) is 12.9. The Bertz CT molecular complexity index is 1480. The molecule has 6 nitrogen and oxygen atoms in total. The summed E-state index contributed by atoms with van der Waals surface area (Å²) >= 11 is 0. The van der Waals surface area contributed by atoms with Gasteiger partial charge < -0.3 is 15.0 Å². The van der Waals surface area contributed by atoms with Crippen LogP contribution in [0.5, 0.6) is 0 Å². The van der Waals surface area contributed by atoms with Crippen LogP contribution in [0.4, 0.5) is 0 Å². The fraction of sp³-hybridized carbons (Fsp3) is 0.323. The van der Waals surface area contributed by atoms with Crippen molar-refractivity contribution in [2.45, 2.75) is 64.5 Å².